The van der Waals surface area contributed by atoms with Gasteiger partial charge >= 0.3 is 11.9 Å². The van der Waals surface area contributed by atoms with Crippen molar-refractivity contribution in [1.82, 2.24) is 4.90 Å². The first kappa shape index (κ1) is 15.8. The summed E-state index contributed by atoms with van der Waals surface area (Å²) in [7, 11) is 0. The van der Waals surface area contributed by atoms with E-state index in [1.807, 2.05) is 0 Å². The molecular weight excluding hydrogens is 262 g/mol. The molecule has 1 rings (SSSR count). The van der Waals surface area contributed by atoms with Crippen LogP contribution in [0.25, 0.3) is 0 Å². The van der Waals surface area contributed by atoms with E-state index in [1.165, 1.54) is 0 Å². The number of carboxylic acid groups (broad SMARTS) is 2. The minimum absolute atomic E-state index is 0.0184. The van der Waals surface area contributed by atoms with Crippen LogP contribution in [0.3, 0.4) is 0 Å². The lowest BCUT2D eigenvalue weighted by Crippen LogP contribution is -2.33. The molecule has 6 nitrogen and oxygen atoms in total. The molecule has 0 unspecified atom stereocenters. The van der Waals surface area contributed by atoms with Crippen molar-refractivity contribution in [3.63, 3.8) is 0 Å². The van der Waals surface area contributed by atoms with Gasteiger partial charge in [0.25, 0.3) is 0 Å². The third-order valence-electron chi connectivity index (χ3n) is 2.75. The molecule has 0 aliphatic carbocycles. The quantitative estimate of drug-likeness (QED) is 0.658. The van der Waals surface area contributed by atoms with Gasteiger partial charge in [0.05, 0.1) is 19.4 Å². The van der Waals surface area contributed by atoms with Crippen molar-refractivity contribution >= 4 is 17.7 Å². The van der Waals surface area contributed by atoms with E-state index in [0.29, 0.717) is 5.56 Å². The topological polar surface area (TPSA) is 94.9 Å². The maximum Gasteiger partial charge on any atom is 0.304 e. The molecule has 0 heterocycles. The monoisotopic (exact) mass is 279 g/mol. The third-order valence-corrected chi connectivity index (χ3v) is 2.75. The van der Waals surface area contributed by atoms with Gasteiger partial charge < -0.3 is 10.2 Å². The number of carboxylic acids is 2. The first-order valence-electron chi connectivity index (χ1n) is 6.23. The van der Waals surface area contributed by atoms with Crippen molar-refractivity contribution < 1.29 is 24.6 Å². The van der Waals surface area contributed by atoms with E-state index in [4.69, 9.17) is 10.2 Å². The molecule has 0 saturated heterocycles. The Balaban J connectivity index is 2.60. The molecule has 0 amide bonds. The van der Waals surface area contributed by atoms with Crippen LogP contribution in [0.15, 0.2) is 30.3 Å². The Labute approximate surface area is 116 Å². The first-order chi connectivity index (χ1) is 9.49. The van der Waals surface area contributed by atoms with Gasteiger partial charge in [-0.25, -0.2) is 0 Å². The minimum Gasteiger partial charge on any atom is -0.481 e. The van der Waals surface area contributed by atoms with Gasteiger partial charge in [0, 0.05) is 18.7 Å². The second-order valence-electron chi connectivity index (χ2n) is 4.35. The van der Waals surface area contributed by atoms with Crippen LogP contribution < -0.4 is 0 Å². The van der Waals surface area contributed by atoms with Gasteiger partial charge in [0.2, 0.25) is 0 Å². The van der Waals surface area contributed by atoms with E-state index in [-0.39, 0.29) is 38.3 Å². The predicted molar refractivity (Wildman–Crippen MR) is 71.7 cm³/mol. The summed E-state index contributed by atoms with van der Waals surface area (Å²) in [6.45, 7) is 0.326. The second kappa shape index (κ2) is 8.06. The highest BCUT2D eigenvalue weighted by atomic mass is 16.4. The summed E-state index contributed by atoms with van der Waals surface area (Å²) in [5.74, 6) is -2.10. The van der Waals surface area contributed by atoms with Gasteiger partial charge in [-0.05, 0) is 0 Å². The Bertz CT molecular complexity index is 454. The summed E-state index contributed by atoms with van der Waals surface area (Å²) >= 11 is 0. The third kappa shape index (κ3) is 6.10. The van der Waals surface area contributed by atoms with Gasteiger partial charge in [-0.15, -0.1) is 0 Å². The summed E-state index contributed by atoms with van der Waals surface area (Å²) in [4.78, 5) is 34.7. The lowest BCUT2D eigenvalue weighted by molar-refractivity contribution is -0.137. The number of ketones is 1. The van der Waals surface area contributed by atoms with Crippen molar-refractivity contribution in [2.75, 3.05) is 19.6 Å². The van der Waals surface area contributed by atoms with E-state index in [0.717, 1.165) is 0 Å². The number of nitrogens with zero attached hydrogens (tertiary/aromatic N) is 1. The molecular formula is C14H17NO5. The zero-order valence-electron chi connectivity index (χ0n) is 11.0. The van der Waals surface area contributed by atoms with Crippen molar-refractivity contribution in [1.29, 1.82) is 0 Å². The van der Waals surface area contributed by atoms with Crippen LogP contribution in [0.1, 0.15) is 23.2 Å². The molecule has 108 valence electrons. The predicted octanol–water partition coefficient (Wildman–Crippen LogP) is 1.12. The maximum atomic E-state index is 12.0. The van der Waals surface area contributed by atoms with Crippen LogP contribution in [0.5, 0.6) is 0 Å². The normalized spacial score (nSPS) is 10.4. The summed E-state index contributed by atoms with van der Waals surface area (Å²) in [6, 6.07) is 8.63. The SMILES string of the molecule is O=C(O)CCN(CCC(=O)O)CC(=O)c1ccccc1. The standard InChI is InChI=1S/C14H17NO5/c16-12(11-4-2-1-3-5-11)10-15(8-6-13(17)18)9-7-14(19)20/h1-5H,6-10H2,(H,17,18)(H,19,20). The largest absolute Gasteiger partial charge is 0.481 e. The van der Waals surface area contributed by atoms with Crippen LogP contribution in [-0.4, -0.2) is 52.5 Å². The molecule has 0 radical (unpaired) electrons. The fourth-order valence-corrected chi connectivity index (χ4v) is 1.70. The number of hydrogen-bond acceptors (Lipinski definition) is 4. The lowest BCUT2D eigenvalue weighted by atomic mass is 10.1. The highest BCUT2D eigenvalue weighted by Gasteiger charge is 2.14. The first-order valence-corrected chi connectivity index (χ1v) is 6.23. The molecule has 1 aromatic rings. The fraction of sp³-hybridized carbons (Fsp3) is 0.357. The number of hydrogen-bond donors (Lipinski definition) is 2. The molecule has 0 bridgehead atoms. The number of Topliss-reactive ketones (excluding diaryl/α,β-unsaturated/α-hetero) is 1. The van der Waals surface area contributed by atoms with Gasteiger partial charge in [-0.3, -0.25) is 19.3 Å². The number of aliphatic carboxylic acids is 2. The van der Waals surface area contributed by atoms with Crippen LogP contribution in [0.2, 0.25) is 0 Å². The summed E-state index contributed by atoms with van der Waals surface area (Å²) in [5.41, 5.74) is 0.531. The lowest BCUT2D eigenvalue weighted by Gasteiger charge is -2.19. The maximum absolute atomic E-state index is 12.0. The summed E-state index contributed by atoms with van der Waals surface area (Å²) < 4.78 is 0. The molecule has 20 heavy (non-hydrogen) atoms. The van der Waals surface area contributed by atoms with E-state index in [1.54, 1.807) is 35.2 Å². The molecule has 6 heteroatoms. The second-order valence-corrected chi connectivity index (χ2v) is 4.35. The zero-order valence-corrected chi connectivity index (χ0v) is 11.0. The van der Waals surface area contributed by atoms with Crippen molar-refractivity contribution in [3.05, 3.63) is 35.9 Å². The fourth-order valence-electron chi connectivity index (χ4n) is 1.70. The summed E-state index contributed by atoms with van der Waals surface area (Å²) in [6.07, 6.45) is -0.247. The smallest absolute Gasteiger partial charge is 0.304 e. The van der Waals surface area contributed by atoms with Gasteiger partial charge in [0.1, 0.15) is 0 Å². The zero-order chi connectivity index (χ0) is 15.0. The van der Waals surface area contributed by atoms with E-state index < -0.39 is 11.9 Å². The van der Waals surface area contributed by atoms with Crippen molar-refractivity contribution in [2.45, 2.75) is 12.8 Å². The Kier molecular flexibility index (Phi) is 6.39. The van der Waals surface area contributed by atoms with E-state index in [9.17, 15) is 14.4 Å². The van der Waals surface area contributed by atoms with Crippen LogP contribution in [0.4, 0.5) is 0 Å². The molecule has 0 fully saturated rings. The molecule has 0 spiro atoms. The molecule has 2 N–H and O–H groups in total. The van der Waals surface area contributed by atoms with Crippen LogP contribution in [-0.2, 0) is 9.59 Å². The van der Waals surface area contributed by atoms with Gasteiger partial charge in [0.15, 0.2) is 5.78 Å². The Hall–Kier alpha value is -2.21. The van der Waals surface area contributed by atoms with E-state index in [2.05, 4.69) is 0 Å². The Morgan fingerprint density at radius 3 is 1.85 bits per heavy atom. The van der Waals surface area contributed by atoms with Gasteiger partial charge in [-0.2, -0.15) is 0 Å². The van der Waals surface area contributed by atoms with Crippen molar-refractivity contribution in [2.24, 2.45) is 0 Å². The Morgan fingerprint density at radius 1 is 0.900 bits per heavy atom. The summed E-state index contributed by atoms with van der Waals surface area (Å²) in [5, 5.41) is 17.3. The highest BCUT2D eigenvalue weighted by molar-refractivity contribution is 5.97. The number of carbonyl (C=O) groups is 3. The minimum atomic E-state index is -0.975. The highest BCUT2D eigenvalue weighted by Crippen LogP contribution is 2.03. The van der Waals surface area contributed by atoms with E-state index >= 15 is 0 Å². The molecule has 0 atom stereocenters. The molecule has 0 aliphatic heterocycles. The number of carbonyl (C=O) groups excluding carboxylic acids is 1. The molecule has 0 saturated carbocycles. The average molecular weight is 279 g/mol. The number of rotatable bonds is 9. The van der Waals surface area contributed by atoms with Gasteiger partial charge in [-0.1, -0.05) is 30.3 Å². The average Bonchev–Trinajstić information content (AvgIpc) is 2.42. The molecule has 1 aromatic carbocycles. The molecule has 0 aromatic heterocycles. The van der Waals surface area contributed by atoms with Crippen LogP contribution >= 0.6 is 0 Å². The van der Waals surface area contributed by atoms with Crippen LogP contribution in [0, 0.1) is 0 Å². The van der Waals surface area contributed by atoms with Crippen molar-refractivity contribution in [3.8, 4) is 0 Å². The Morgan fingerprint density at radius 2 is 1.40 bits per heavy atom. The number of benzene rings is 1. The molecule has 0 aliphatic rings.